The van der Waals surface area contributed by atoms with Gasteiger partial charge in [0.15, 0.2) is 0 Å². The van der Waals surface area contributed by atoms with Gasteiger partial charge in [-0.25, -0.2) is 9.67 Å². The molecule has 1 amide bonds. The Morgan fingerprint density at radius 2 is 1.81 bits per heavy atom. The number of hydrogen-bond acceptors (Lipinski definition) is 6. The molecule has 0 unspecified atom stereocenters. The molecule has 2 aromatic carbocycles. The molecule has 0 aliphatic carbocycles. The van der Waals surface area contributed by atoms with Crippen LogP contribution in [-0.4, -0.2) is 32.3 Å². The number of amides is 1. The minimum atomic E-state index is -4.58. The van der Waals surface area contributed by atoms with Crippen molar-refractivity contribution in [2.75, 3.05) is 17.7 Å². The van der Waals surface area contributed by atoms with Crippen LogP contribution in [0.5, 0.6) is 5.75 Å². The number of nitrogens with one attached hydrogen (secondary N) is 2. The smallest absolute Gasteiger partial charge is 0.416 e. The van der Waals surface area contributed by atoms with Gasteiger partial charge in [-0.15, -0.1) is 0 Å². The number of carbonyl (C=O) groups excluding carboxylic acids is 1. The van der Waals surface area contributed by atoms with Gasteiger partial charge in [0.1, 0.15) is 17.4 Å². The van der Waals surface area contributed by atoms with Crippen LogP contribution in [0.4, 0.5) is 30.5 Å². The van der Waals surface area contributed by atoms with Crippen LogP contribution in [0, 0.1) is 0 Å². The van der Waals surface area contributed by atoms with Crippen molar-refractivity contribution in [3.8, 4) is 16.9 Å². The first-order chi connectivity index (χ1) is 20.6. The Morgan fingerprint density at radius 1 is 1.05 bits per heavy atom. The average Bonchev–Trinajstić information content (AvgIpc) is 3.46. The summed E-state index contributed by atoms with van der Waals surface area (Å²) in [4.78, 5) is 30.8. The number of ether oxygens (including phenoxy) is 1. The third-order valence-corrected chi connectivity index (χ3v) is 6.54. The standard InChI is InChI=1S/C29H25F3N6O3.C2H6/c1-4-38-26(8-9-34-38)36-25-15-24-19(16-33-25)13-23(28(40)37(24)2)18-11-21(14-22(12-18)41-3)35-27(39)17-6-5-7-20(10-17)29(30,31)32;1-2/h5-16H,4H2,1-3H3,(H,33,36)(H,35,39);1-2H3. The van der Waals surface area contributed by atoms with Crippen LogP contribution in [0.2, 0.25) is 0 Å². The Morgan fingerprint density at radius 3 is 2.51 bits per heavy atom. The van der Waals surface area contributed by atoms with E-state index in [9.17, 15) is 22.8 Å². The molecule has 3 aromatic heterocycles. The van der Waals surface area contributed by atoms with Gasteiger partial charge in [0.2, 0.25) is 0 Å². The van der Waals surface area contributed by atoms with Crippen molar-refractivity contribution < 1.29 is 22.7 Å². The van der Waals surface area contributed by atoms with Gasteiger partial charge in [0.25, 0.3) is 11.5 Å². The quantitative estimate of drug-likeness (QED) is 0.214. The Kier molecular flexibility index (Phi) is 9.18. The van der Waals surface area contributed by atoms with Gasteiger partial charge in [0, 0.05) is 60.2 Å². The van der Waals surface area contributed by atoms with Crippen molar-refractivity contribution in [3.63, 3.8) is 0 Å². The number of hydrogen-bond donors (Lipinski definition) is 2. The maximum absolute atomic E-state index is 13.5. The minimum Gasteiger partial charge on any atom is -0.497 e. The minimum absolute atomic E-state index is 0.164. The maximum Gasteiger partial charge on any atom is 0.416 e. The van der Waals surface area contributed by atoms with E-state index in [4.69, 9.17) is 4.74 Å². The van der Waals surface area contributed by atoms with E-state index in [1.165, 1.54) is 29.9 Å². The normalized spacial score (nSPS) is 11.1. The maximum atomic E-state index is 13.5. The second kappa shape index (κ2) is 12.8. The predicted octanol–water partition coefficient (Wildman–Crippen LogP) is 6.87. The summed E-state index contributed by atoms with van der Waals surface area (Å²) in [6.45, 7) is 6.64. The Hall–Kier alpha value is -5.13. The van der Waals surface area contributed by atoms with Crippen LogP contribution in [0.1, 0.15) is 36.7 Å². The van der Waals surface area contributed by atoms with Gasteiger partial charge in [-0.1, -0.05) is 19.9 Å². The molecule has 0 saturated carbocycles. The molecule has 0 bridgehead atoms. The largest absolute Gasteiger partial charge is 0.497 e. The van der Waals surface area contributed by atoms with E-state index in [0.29, 0.717) is 40.1 Å². The molecule has 2 N–H and O–H groups in total. The average molecular weight is 593 g/mol. The summed E-state index contributed by atoms with van der Waals surface area (Å²) in [5.74, 6) is 0.901. The van der Waals surface area contributed by atoms with E-state index < -0.39 is 17.6 Å². The summed E-state index contributed by atoms with van der Waals surface area (Å²) in [5.41, 5.74) is 0.244. The molecule has 0 aliphatic rings. The number of fused-ring (bicyclic) bond motifs is 1. The fourth-order valence-corrected chi connectivity index (χ4v) is 4.45. The van der Waals surface area contributed by atoms with E-state index in [-0.39, 0.29) is 16.8 Å². The highest BCUT2D eigenvalue weighted by atomic mass is 19.4. The Labute approximate surface area is 245 Å². The topological polar surface area (TPSA) is 103 Å². The number of aromatic nitrogens is 4. The number of rotatable bonds is 7. The molecular weight excluding hydrogens is 561 g/mol. The van der Waals surface area contributed by atoms with E-state index in [1.54, 1.807) is 48.4 Å². The zero-order valence-corrected chi connectivity index (χ0v) is 24.3. The van der Waals surface area contributed by atoms with Gasteiger partial charge in [-0.3, -0.25) is 9.59 Å². The highest BCUT2D eigenvalue weighted by molar-refractivity contribution is 6.04. The van der Waals surface area contributed by atoms with Gasteiger partial charge < -0.3 is 19.9 Å². The number of pyridine rings is 2. The summed E-state index contributed by atoms with van der Waals surface area (Å²) < 4.78 is 48.0. The number of anilines is 3. The van der Waals surface area contributed by atoms with Crippen LogP contribution in [0.15, 0.2) is 77.9 Å². The van der Waals surface area contributed by atoms with E-state index >= 15 is 0 Å². The first-order valence-electron chi connectivity index (χ1n) is 13.5. The van der Waals surface area contributed by atoms with Crippen molar-refractivity contribution in [2.45, 2.75) is 33.5 Å². The highest BCUT2D eigenvalue weighted by Crippen LogP contribution is 2.31. The molecular formula is C31H31F3N6O3. The lowest BCUT2D eigenvalue weighted by atomic mass is 10.0. The number of methoxy groups -OCH3 is 1. The first-order valence-corrected chi connectivity index (χ1v) is 13.5. The second-order valence-corrected chi connectivity index (χ2v) is 9.19. The fraction of sp³-hybridized carbons (Fsp3) is 0.226. The van der Waals surface area contributed by atoms with E-state index in [1.807, 2.05) is 26.8 Å². The zero-order valence-electron chi connectivity index (χ0n) is 24.3. The summed E-state index contributed by atoms with van der Waals surface area (Å²) in [7, 11) is 3.07. The molecule has 0 spiro atoms. The Bertz CT molecular complexity index is 1830. The van der Waals surface area contributed by atoms with Crippen molar-refractivity contribution in [1.82, 2.24) is 19.3 Å². The number of halogens is 3. The van der Waals surface area contributed by atoms with Crippen LogP contribution >= 0.6 is 0 Å². The first kappa shape index (κ1) is 30.8. The molecule has 224 valence electrons. The number of nitrogens with zero attached hydrogens (tertiary/aromatic N) is 4. The lowest BCUT2D eigenvalue weighted by Gasteiger charge is -2.14. The zero-order chi connectivity index (χ0) is 31.3. The van der Waals surface area contributed by atoms with Crippen LogP contribution in [0.25, 0.3) is 22.0 Å². The van der Waals surface area contributed by atoms with Crippen molar-refractivity contribution in [3.05, 3.63) is 94.5 Å². The monoisotopic (exact) mass is 592 g/mol. The van der Waals surface area contributed by atoms with Gasteiger partial charge >= 0.3 is 6.18 Å². The SMILES string of the molecule is CC.CCn1nccc1Nc1cc2c(cn1)cc(-c1cc(NC(=O)c3cccc(C(F)(F)F)c3)cc(OC)c1)c(=O)n2C. The molecule has 5 rings (SSSR count). The summed E-state index contributed by atoms with van der Waals surface area (Å²) in [6.07, 6.45) is -1.26. The number of alkyl halides is 3. The molecule has 43 heavy (non-hydrogen) atoms. The molecule has 0 atom stereocenters. The van der Waals surface area contributed by atoms with Crippen molar-refractivity contribution >= 4 is 34.1 Å². The number of benzene rings is 2. The summed E-state index contributed by atoms with van der Waals surface area (Å²) in [6, 6.07) is 14.1. The lowest BCUT2D eigenvalue weighted by molar-refractivity contribution is -0.137. The van der Waals surface area contributed by atoms with Crippen molar-refractivity contribution in [2.24, 2.45) is 7.05 Å². The highest BCUT2D eigenvalue weighted by Gasteiger charge is 2.31. The Balaban J connectivity index is 0.00000207. The van der Waals surface area contributed by atoms with E-state index in [0.717, 1.165) is 18.0 Å². The third kappa shape index (κ3) is 6.69. The third-order valence-electron chi connectivity index (χ3n) is 6.54. The van der Waals surface area contributed by atoms with Gasteiger partial charge in [0.05, 0.1) is 24.4 Å². The van der Waals surface area contributed by atoms with Crippen LogP contribution in [-0.2, 0) is 19.8 Å². The molecule has 5 aromatic rings. The molecule has 0 aliphatic heterocycles. The summed E-state index contributed by atoms with van der Waals surface area (Å²) in [5, 5.41) is 10.7. The molecule has 0 radical (unpaired) electrons. The van der Waals surface area contributed by atoms with Gasteiger partial charge in [-0.05, 0) is 48.9 Å². The number of carbonyl (C=O) groups is 1. The summed E-state index contributed by atoms with van der Waals surface area (Å²) >= 11 is 0. The second-order valence-electron chi connectivity index (χ2n) is 9.19. The van der Waals surface area contributed by atoms with Crippen molar-refractivity contribution in [1.29, 1.82) is 0 Å². The van der Waals surface area contributed by atoms with Crippen LogP contribution < -0.4 is 20.9 Å². The van der Waals surface area contributed by atoms with Crippen LogP contribution in [0.3, 0.4) is 0 Å². The van der Waals surface area contributed by atoms with E-state index in [2.05, 4.69) is 20.7 Å². The molecule has 12 heteroatoms. The molecule has 0 fully saturated rings. The molecule has 9 nitrogen and oxygen atoms in total. The van der Waals surface area contributed by atoms with Gasteiger partial charge in [-0.2, -0.15) is 18.3 Å². The molecule has 0 saturated heterocycles. The predicted molar refractivity (Wildman–Crippen MR) is 161 cm³/mol. The fourth-order valence-electron chi connectivity index (χ4n) is 4.45. The molecule has 3 heterocycles. The lowest BCUT2D eigenvalue weighted by Crippen LogP contribution is -2.19. The number of aryl methyl sites for hydroxylation is 2.